The van der Waals surface area contributed by atoms with Crippen molar-refractivity contribution in [3.63, 3.8) is 0 Å². The number of hydrogen-bond acceptors (Lipinski definition) is 3. The van der Waals surface area contributed by atoms with Crippen LogP contribution in [0.15, 0.2) is 0 Å². The van der Waals surface area contributed by atoms with Crippen molar-refractivity contribution in [3.05, 3.63) is 0 Å². The summed E-state index contributed by atoms with van der Waals surface area (Å²) in [5, 5.41) is 3.11. The number of rotatable bonds is 4. The molecule has 0 aliphatic heterocycles. The first-order chi connectivity index (χ1) is 4.12. The fourth-order valence-corrected chi connectivity index (χ4v) is 0.468. The molecular weight excluding hydrogens is 116 g/mol. The third-order valence-corrected chi connectivity index (χ3v) is 1.10. The summed E-state index contributed by atoms with van der Waals surface area (Å²) >= 11 is 0. The second-order valence-electron chi connectivity index (χ2n) is 2.55. The van der Waals surface area contributed by atoms with Crippen LogP contribution in [0.4, 0.5) is 0 Å². The van der Waals surface area contributed by atoms with Crippen molar-refractivity contribution < 1.29 is 4.84 Å². The van der Waals surface area contributed by atoms with Gasteiger partial charge in [-0.1, -0.05) is 6.92 Å². The molecule has 0 saturated carbocycles. The monoisotopic (exact) mass is 132 g/mol. The lowest BCUT2D eigenvalue weighted by atomic mass is 10.3. The first-order valence-corrected chi connectivity index (χ1v) is 3.25. The molecule has 0 atom stereocenters. The van der Waals surface area contributed by atoms with Crippen LogP contribution in [0.3, 0.4) is 0 Å². The molecular formula is C6H16N2O. The molecule has 9 heavy (non-hydrogen) atoms. The van der Waals surface area contributed by atoms with Gasteiger partial charge in [0.2, 0.25) is 0 Å². The van der Waals surface area contributed by atoms with Crippen molar-refractivity contribution in [2.75, 3.05) is 6.54 Å². The van der Waals surface area contributed by atoms with Crippen LogP contribution >= 0.6 is 0 Å². The molecule has 0 aliphatic carbocycles. The predicted molar refractivity (Wildman–Crippen MR) is 37.6 cm³/mol. The topological polar surface area (TPSA) is 47.3 Å². The lowest BCUT2D eigenvalue weighted by Crippen LogP contribution is -2.44. The lowest BCUT2D eigenvalue weighted by Gasteiger charge is -2.22. The lowest BCUT2D eigenvalue weighted by molar-refractivity contribution is -0.0447. The van der Waals surface area contributed by atoms with Crippen molar-refractivity contribution in [2.24, 2.45) is 5.90 Å². The Kier molecular flexibility index (Phi) is 3.77. The molecule has 0 heterocycles. The molecule has 0 aromatic rings. The van der Waals surface area contributed by atoms with Gasteiger partial charge in [0.15, 0.2) is 0 Å². The van der Waals surface area contributed by atoms with Crippen molar-refractivity contribution in [3.8, 4) is 0 Å². The van der Waals surface area contributed by atoms with E-state index < -0.39 is 0 Å². The molecule has 0 aromatic heterocycles. The Morgan fingerprint density at radius 2 is 2.11 bits per heavy atom. The highest BCUT2D eigenvalue weighted by molar-refractivity contribution is 4.62. The summed E-state index contributed by atoms with van der Waals surface area (Å²) in [6, 6.07) is 0. The van der Waals surface area contributed by atoms with Gasteiger partial charge in [0.05, 0.1) is 0 Å². The fraction of sp³-hybridized carbons (Fsp3) is 1.00. The van der Waals surface area contributed by atoms with Gasteiger partial charge in [0.25, 0.3) is 0 Å². The molecule has 0 bridgehead atoms. The van der Waals surface area contributed by atoms with Gasteiger partial charge >= 0.3 is 0 Å². The molecule has 0 spiro atoms. The van der Waals surface area contributed by atoms with E-state index in [0.717, 1.165) is 13.0 Å². The first-order valence-electron chi connectivity index (χ1n) is 3.25. The Morgan fingerprint density at radius 1 is 1.56 bits per heavy atom. The smallest absolute Gasteiger partial charge is 0.134 e. The third kappa shape index (κ3) is 4.39. The van der Waals surface area contributed by atoms with E-state index in [1.807, 2.05) is 13.8 Å². The molecule has 3 heteroatoms. The van der Waals surface area contributed by atoms with E-state index in [9.17, 15) is 0 Å². The van der Waals surface area contributed by atoms with Crippen molar-refractivity contribution in [2.45, 2.75) is 32.9 Å². The van der Waals surface area contributed by atoms with Crippen LogP contribution in [0.5, 0.6) is 0 Å². The highest BCUT2D eigenvalue weighted by Crippen LogP contribution is 1.98. The Hall–Kier alpha value is -0.120. The van der Waals surface area contributed by atoms with Crippen LogP contribution in [0.1, 0.15) is 27.2 Å². The maximum atomic E-state index is 4.98. The van der Waals surface area contributed by atoms with Crippen LogP contribution in [0.25, 0.3) is 0 Å². The minimum Gasteiger partial charge on any atom is -0.288 e. The van der Waals surface area contributed by atoms with Gasteiger partial charge in [-0.15, -0.1) is 0 Å². The van der Waals surface area contributed by atoms with Crippen LogP contribution < -0.4 is 11.2 Å². The normalized spacial score (nSPS) is 12.0. The van der Waals surface area contributed by atoms with Crippen LogP contribution in [0, 0.1) is 0 Å². The molecule has 3 N–H and O–H groups in total. The highest BCUT2D eigenvalue weighted by atomic mass is 16.6. The van der Waals surface area contributed by atoms with Gasteiger partial charge in [-0.2, -0.15) is 0 Å². The van der Waals surface area contributed by atoms with E-state index >= 15 is 0 Å². The average molecular weight is 132 g/mol. The van der Waals surface area contributed by atoms with Crippen molar-refractivity contribution >= 4 is 0 Å². The van der Waals surface area contributed by atoms with Crippen LogP contribution in [0.2, 0.25) is 0 Å². The van der Waals surface area contributed by atoms with E-state index in [0.29, 0.717) is 0 Å². The van der Waals surface area contributed by atoms with Crippen LogP contribution in [-0.4, -0.2) is 12.3 Å². The number of nitrogens with one attached hydrogen (secondary N) is 1. The summed E-state index contributed by atoms with van der Waals surface area (Å²) < 4.78 is 0. The molecule has 0 amide bonds. The maximum absolute atomic E-state index is 4.98. The summed E-state index contributed by atoms with van der Waals surface area (Å²) in [6.45, 7) is 6.81. The molecule has 0 radical (unpaired) electrons. The maximum Gasteiger partial charge on any atom is 0.134 e. The molecule has 0 rings (SSSR count). The molecule has 56 valence electrons. The SMILES string of the molecule is CCCNC(C)(C)ON. The summed E-state index contributed by atoms with van der Waals surface area (Å²) in [7, 11) is 0. The second kappa shape index (κ2) is 3.82. The van der Waals surface area contributed by atoms with E-state index in [-0.39, 0.29) is 5.72 Å². The molecule has 3 nitrogen and oxygen atoms in total. The molecule has 0 saturated heterocycles. The summed E-state index contributed by atoms with van der Waals surface area (Å²) in [6.07, 6.45) is 1.09. The average Bonchev–Trinajstić information content (AvgIpc) is 1.84. The Bertz CT molecular complexity index is 73.5. The minimum atomic E-state index is -0.379. The fourth-order valence-electron chi connectivity index (χ4n) is 0.468. The molecule has 0 aliphatic rings. The van der Waals surface area contributed by atoms with E-state index in [2.05, 4.69) is 17.1 Å². The van der Waals surface area contributed by atoms with E-state index in [4.69, 9.17) is 5.90 Å². The standard InChI is InChI=1S/C6H16N2O/c1-4-5-8-6(2,3)9-7/h8H,4-5,7H2,1-3H3. The largest absolute Gasteiger partial charge is 0.288 e. The zero-order valence-electron chi connectivity index (χ0n) is 6.40. The van der Waals surface area contributed by atoms with Crippen LogP contribution in [-0.2, 0) is 4.84 Å². The van der Waals surface area contributed by atoms with Gasteiger partial charge in [-0.3, -0.25) is 10.2 Å². The summed E-state index contributed by atoms with van der Waals surface area (Å²) in [4.78, 5) is 4.63. The third-order valence-electron chi connectivity index (χ3n) is 1.10. The molecule has 0 fully saturated rings. The Morgan fingerprint density at radius 3 is 2.44 bits per heavy atom. The second-order valence-corrected chi connectivity index (χ2v) is 2.55. The Labute approximate surface area is 56.5 Å². The van der Waals surface area contributed by atoms with E-state index in [1.165, 1.54) is 0 Å². The zero-order valence-corrected chi connectivity index (χ0v) is 6.40. The Balaban J connectivity index is 3.33. The first kappa shape index (κ1) is 8.88. The van der Waals surface area contributed by atoms with Gasteiger partial charge in [0, 0.05) is 0 Å². The predicted octanol–water partition coefficient (Wildman–Crippen LogP) is 0.612. The highest BCUT2D eigenvalue weighted by Gasteiger charge is 2.13. The van der Waals surface area contributed by atoms with Gasteiger partial charge in [0.1, 0.15) is 5.72 Å². The van der Waals surface area contributed by atoms with Gasteiger partial charge in [-0.05, 0) is 26.8 Å². The quantitative estimate of drug-likeness (QED) is 0.435. The van der Waals surface area contributed by atoms with Crippen molar-refractivity contribution in [1.29, 1.82) is 0 Å². The van der Waals surface area contributed by atoms with Gasteiger partial charge in [-0.25, -0.2) is 5.90 Å². The number of hydrogen-bond donors (Lipinski definition) is 2. The number of nitrogens with two attached hydrogens (primary N) is 1. The van der Waals surface area contributed by atoms with Gasteiger partial charge < -0.3 is 0 Å². The minimum absolute atomic E-state index is 0.379. The zero-order chi connectivity index (χ0) is 7.33. The van der Waals surface area contributed by atoms with E-state index in [1.54, 1.807) is 0 Å². The van der Waals surface area contributed by atoms with Crippen molar-refractivity contribution in [1.82, 2.24) is 5.32 Å². The molecule has 0 unspecified atom stereocenters. The molecule has 0 aromatic carbocycles. The summed E-state index contributed by atoms with van der Waals surface area (Å²) in [5.41, 5.74) is -0.379. The summed E-state index contributed by atoms with van der Waals surface area (Å²) in [5.74, 6) is 4.98.